The van der Waals surface area contributed by atoms with Gasteiger partial charge in [-0.15, -0.1) is 0 Å². The zero-order valence-corrected chi connectivity index (χ0v) is 15.9. The Bertz CT molecular complexity index is 991. The van der Waals surface area contributed by atoms with E-state index in [2.05, 4.69) is 41.7 Å². The highest BCUT2D eigenvalue weighted by molar-refractivity contribution is 5.93. The number of ether oxygens (including phenoxy) is 1. The van der Waals surface area contributed by atoms with Crippen molar-refractivity contribution in [3.8, 4) is 16.9 Å². The number of rotatable bonds is 5. The summed E-state index contributed by atoms with van der Waals surface area (Å²) in [7, 11) is 1.66. The highest BCUT2D eigenvalue weighted by Crippen LogP contribution is 2.35. The molecule has 0 spiro atoms. The molecule has 0 unspecified atom stereocenters. The number of para-hydroxylation sites is 1. The van der Waals surface area contributed by atoms with E-state index >= 15 is 0 Å². The lowest BCUT2D eigenvalue weighted by Gasteiger charge is -2.24. The predicted molar refractivity (Wildman–Crippen MR) is 114 cm³/mol. The average Bonchev–Trinajstić information content (AvgIpc) is 2.74. The van der Waals surface area contributed by atoms with Crippen LogP contribution in [0.25, 0.3) is 11.1 Å². The van der Waals surface area contributed by atoms with E-state index in [4.69, 9.17) is 4.74 Å². The van der Waals surface area contributed by atoms with Crippen LogP contribution in [0.5, 0.6) is 5.75 Å². The van der Waals surface area contributed by atoms with E-state index in [0.717, 1.165) is 40.2 Å². The van der Waals surface area contributed by atoms with Crippen LogP contribution in [-0.2, 0) is 4.79 Å². The normalized spacial score (nSPS) is 16.4. The molecule has 0 aromatic heterocycles. The third-order valence-electron chi connectivity index (χ3n) is 5.14. The molecule has 0 aliphatic heterocycles. The molecular weight excluding hydrogens is 346 g/mol. The Morgan fingerprint density at radius 2 is 1.57 bits per heavy atom. The number of methoxy groups -OCH3 is 1. The molecule has 0 saturated carbocycles. The molecular formula is C25H23NO2. The highest BCUT2D eigenvalue weighted by atomic mass is 16.5. The van der Waals surface area contributed by atoms with Gasteiger partial charge in [0.15, 0.2) is 5.78 Å². The molecule has 1 aliphatic carbocycles. The number of carbonyl (C=O) groups is 1. The Balaban J connectivity index is 1.57. The van der Waals surface area contributed by atoms with Gasteiger partial charge in [-0.1, -0.05) is 60.7 Å². The van der Waals surface area contributed by atoms with E-state index in [0.29, 0.717) is 6.42 Å². The van der Waals surface area contributed by atoms with Gasteiger partial charge < -0.3 is 10.1 Å². The molecule has 140 valence electrons. The second kappa shape index (κ2) is 8.13. The molecule has 1 aliphatic rings. The van der Waals surface area contributed by atoms with Crippen LogP contribution in [0.15, 0.2) is 90.6 Å². The maximum atomic E-state index is 12.4. The van der Waals surface area contributed by atoms with Crippen molar-refractivity contribution in [2.24, 2.45) is 0 Å². The summed E-state index contributed by atoms with van der Waals surface area (Å²) in [6.07, 6.45) is 3.10. The number of allylic oxidation sites excluding steroid dienone is 2. The van der Waals surface area contributed by atoms with E-state index in [1.165, 1.54) is 0 Å². The first kappa shape index (κ1) is 18.1. The van der Waals surface area contributed by atoms with Crippen molar-refractivity contribution in [1.29, 1.82) is 0 Å². The molecule has 0 saturated heterocycles. The minimum absolute atomic E-state index is 0.159. The standard InChI is InChI=1S/C25H23NO2/c1-28-23-13-11-18(12-14-23)20-15-21(17-22(27)16-20)26-25-10-6-5-9-24(25)19-7-3-2-4-8-19/h2-14,17,20,26H,15-16H2,1H3/t20-/m0/s1. The van der Waals surface area contributed by atoms with Crippen molar-refractivity contribution >= 4 is 11.5 Å². The van der Waals surface area contributed by atoms with Crippen LogP contribution in [0, 0.1) is 0 Å². The van der Waals surface area contributed by atoms with Crippen molar-refractivity contribution in [2.45, 2.75) is 18.8 Å². The van der Waals surface area contributed by atoms with Gasteiger partial charge in [-0.05, 0) is 41.7 Å². The first-order chi connectivity index (χ1) is 13.7. The van der Waals surface area contributed by atoms with Crippen LogP contribution in [-0.4, -0.2) is 12.9 Å². The molecule has 1 atom stereocenters. The van der Waals surface area contributed by atoms with Crippen LogP contribution in [0.4, 0.5) is 5.69 Å². The lowest BCUT2D eigenvalue weighted by molar-refractivity contribution is -0.115. The zero-order valence-electron chi connectivity index (χ0n) is 15.9. The van der Waals surface area contributed by atoms with Gasteiger partial charge in [0.2, 0.25) is 0 Å². The minimum atomic E-state index is 0.159. The number of carbonyl (C=O) groups excluding carboxylic acids is 1. The van der Waals surface area contributed by atoms with Gasteiger partial charge in [0.05, 0.1) is 7.11 Å². The van der Waals surface area contributed by atoms with Gasteiger partial charge in [-0.2, -0.15) is 0 Å². The summed E-state index contributed by atoms with van der Waals surface area (Å²) in [5.41, 5.74) is 5.42. The maximum Gasteiger partial charge on any atom is 0.158 e. The molecule has 0 amide bonds. The predicted octanol–water partition coefficient (Wildman–Crippen LogP) is 5.80. The zero-order chi connectivity index (χ0) is 19.3. The van der Waals surface area contributed by atoms with Gasteiger partial charge in [-0.25, -0.2) is 0 Å². The van der Waals surface area contributed by atoms with Gasteiger partial charge >= 0.3 is 0 Å². The molecule has 3 nitrogen and oxygen atoms in total. The maximum absolute atomic E-state index is 12.4. The van der Waals surface area contributed by atoms with Crippen molar-refractivity contribution in [3.05, 3.63) is 96.2 Å². The average molecular weight is 369 g/mol. The fourth-order valence-corrected chi connectivity index (χ4v) is 3.73. The summed E-state index contributed by atoms with van der Waals surface area (Å²) >= 11 is 0. The van der Waals surface area contributed by atoms with Gasteiger partial charge in [0, 0.05) is 29.4 Å². The Hall–Kier alpha value is -3.33. The quantitative estimate of drug-likeness (QED) is 0.617. The SMILES string of the molecule is COc1ccc([C@@H]2CC(=O)C=C(Nc3ccccc3-c3ccccc3)C2)cc1. The Morgan fingerprint density at radius 3 is 2.32 bits per heavy atom. The van der Waals surface area contributed by atoms with E-state index in [9.17, 15) is 4.79 Å². The smallest absolute Gasteiger partial charge is 0.158 e. The topological polar surface area (TPSA) is 38.3 Å². The Labute approximate surface area is 165 Å². The number of benzene rings is 3. The Kier molecular flexibility index (Phi) is 5.24. The molecule has 1 N–H and O–H groups in total. The lowest BCUT2D eigenvalue weighted by atomic mass is 9.85. The van der Waals surface area contributed by atoms with E-state index in [1.807, 2.05) is 42.5 Å². The van der Waals surface area contributed by atoms with Gasteiger partial charge in [-0.3, -0.25) is 4.79 Å². The van der Waals surface area contributed by atoms with Crippen molar-refractivity contribution in [3.63, 3.8) is 0 Å². The molecule has 3 aromatic rings. The third kappa shape index (κ3) is 3.99. The van der Waals surface area contributed by atoms with Crippen LogP contribution in [0.3, 0.4) is 0 Å². The minimum Gasteiger partial charge on any atom is -0.497 e. The van der Waals surface area contributed by atoms with E-state index in [1.54, 1.807) is 13.2 Å². The van der Waals surface area contributed by atoms with Crippen LogP contribution in [0.2, 0.25) is 0 Å². The summed E-state index contributed by atoms with van der Waals surface area (Å²) in [6, 6.07) is 26.5. The fraction of sp³-hybridized carbons (Fsp3) is 0.160. The molecule has 0 bridgehead atoms. The number of hydrogen-bond acceptors (Lipinski definition) is 3. The van der Waals surface area contributed by atoms with E-state index < -0.39 is 0 Å². The molecule has 4 rings (SSSR count). The lowest BCUT2D eigenvalue weighted by Crippen LogP contribution is -2.17. The second-order valence-corrected chi connectivity index (χ2v) is 7.05. The largest absolute Gasteiger partial charge is 0.497 e. The monoisotopic (exact) mass is 369 g/mol. The third-order valence-corrected chi connectivity index (χ3v) is 5.14. The van der Waals surface area contributed by atoms with Gasteiger partial charge in [0.1, 0.15) is 5.75 Å². The number of hydrogen-bond donors (Lipinski definition) is 1. The second-order valence-electron chi connectivity index (χ2n) is 7.05. The number of ketones is 1. The van der Waals surface area contributed by atoms with E-state index in [-0.39, 0.29) is 11.7 Å². The molecule has 0 radical (unpaired) electrons. The van der Waals surface area contributed by atoms with Crippen molar-refractivity contribution in [2.75, 3.05) is 12.4 Å². The first-order valence-electron chi connectivity index (χ1n) is 9.52. The molecule has 3 aromatic carbocycles. The Morgan fingerprint density at radius 1 is 0.857 bits per heavy atom. The van der Waals surface area contributed by atoms with Crippen LogP contribution >= 0.6 is 0 Å². The van der Waals surface area contributed by atoms with Crippen LogP contribution in [0.1, 0.15) is 24.3 Å². The molecule has 28 heavy (non-hydrogen) atoms. The number of anilines is 1. The van der Waals surface area contributed by atoms with Crippen molar-refractivity contribution in [1.82, 2.24) is 0 Å². The van der Waals surface area contributed by atoms with Gasteiger partial charge in [0.25, 0.3) is 0 Å². The van der Waals surface area contributed by atoms with Crippen LogP contribution < -0.4 is 10.1 Å². The molecule has 0 fully saturated rings. The van der Waals surface area contributed by atoms with Crippen molar-refractivity contribution < 1.29 is 9.53 Å². The summed E-state index contributed by atoms with van der Waals surface area (Å²) in [6.45, 7) is 0. The molecule has 3 heteroatoms. The molecule has 0 heterocycles. The fourth-order valence-electron chi connectivity index (χ4n) is 3.73. The number of nitrogens with one attached hydrogen (secondary N) is 1. The summed E-state index contributed by atoms with van der Waals surface area (Å²) in [5, 5.41) is 3.52. The highest BCUT2D eigenvalue weighted by Gasteiger charge is 2.23. The summed E-state index contributed by atoms with van der Waals surface area (Å²) in [5.74, 6) is 1.16. The first-order valence-corrected chi connectivity index (χ1v) is 9.52. The summed E-state index contributed by atoms with van der Waals surface area (Å²) < 4.78 is 5.24. The summed E-state index contributed by atoms with van der Waals surface area (Å²) in [4.78, 5) is 12.4.